The van der Waals surface area contributed by atoms with Gasteiger partial charge in [-0.25, -0.2) is 4.39 Å². The number of aromatic nitrogens is 1. The lowest BCUT2D eigenvalue weighted by Crippen LogP contribution is -2.14. The number of halogens is 1. The summed E-state index contributed by atoms with van der Waals surface area (Å²) in [5.74, 6) is -0.236. The molecule has 0 radical (unpaired) electrons. The van der Waals surface area contributed by atoms with Gasteiger partial charge in [0.15, 0.2) is 0 Å². The van der Waals surface area contributed by atoms with Crippen LogP contribution in [0.2, 0.25) is 0 Å². The average Bonchev–Trinajstić information content (AvgIpc) is 2.49. The highest BCUT2D eigenvalue weighted by atomic mass is 19.1. The van der Waals surface area contributed by atoms with E-state index in [9.17, 15) is 4.39 Å². The van der Waals surface area contributed by atoms with Crippen LogP contribution in [0.5, 0.6) is 0 Å². The van der Waals surface area contributed by atoms with Gasteiger partial charge in [-0.2, -0.15) is 0 Å². The number of nitrogens with two attached hydrogens (primary N) is 1. The lowest BCUT2D eigenvalue weighted by Gasteiger charge is -2.14. The second-order valence-electron chi connectivity index (χ2n) is 5.37. The third-order valence-electron chi connectivity index (χ3n) is 3.82. The fraction of sp³-hybridized carbons (Fsp3) is 0.167. The van der Waals surface area contributed by atoms with Crippen LogP contribution in [-0.4, -0.2) is 4.98 Å². The summed E-state index contributed by atoms with van der Waals surface area (Å²) < 4.78 is 13.7. The van der Waals surface area contributed by atoms with Crippen molar-refractivity contribution in [3.05, 3.63) is 76.7 Å². The van der Waals surface area contributed by atoms with E-state index in [1.807, 2.05) is 43.3 Å². The van der Waals surface area contributed by atoms with Gasteiger partial charge in [0.25, 0.3) is 0 Å². The summed E-state index contributed by atoms with van der Waals surface area (Å²) in [6, 6.07) is 14.6. The first-order valence-corrected chi connectivity index (χ1v) is 6.94. The lowest BCUT2D eigenvalue weighted by molar-refractivity contribution is 0.614. The molecule has 0 aliphatic rings. The molecule has 1 aromatic heterocycles. The first-order valence-electron chi connectivity index (χ1n) is 6.94. The number of rotatable bonds is 2. The van der Waals surface area contributed by atoms with Crippen LogP contribution in [0.25, 0.3) is 10.9 Å². The predicted octanol–water partition coefficient (Wildman–Crippen LogP) is 4.04. The Balaban J connectivity index is 2.08. The lowest BCUT2D eigenvalue weighted by atomic mass is 10.00. The molecule has 2 nitrogen and oxygen atoms in total. The molecule has 3 heteroatoms. The van der Waals surface area contributed by atoms with Crippen molar-refractivity contribution < 1.29 is 4.39 Å². The van der Waals surface area contributed by atoms with Gasteiger partial charge in [-0.3, -0.25) is 4.98 Å². The molecule has 0 fully saturated rings. The molecule has 0 amide bonds. The number of hydrogen-bond acceptors (Lipinski definition) is 2. The number of benzene rings is 2. The molecule has 21 heavy (non-hydrogen) atoms. The predicted molar refractivity (Wildman–Crippen MR) is 83.6 cm³/mol. The van der Waals surface area contributed by atoms with Crippen molar-refractivity contribution in [2.75, 3.05) is 0 Å². The van der Waals surface area contributed by atoms with E-state index in [4.69, 9.17) is 5.73 Å². The van der Waals surface area contributed by atoms with Gasteiger partial charge in [-0.05, 0) is 48.7 Å². The SMILES string of the molecule is Cc1ccc(C(N)c2cc(C)c3ccccc3n2)cc1F. The molecule has 2 aromatic carbocycles. The van der Waals surface area contributed by atoms with E-state index in [1.165, 1.54) is 6.07 Å². The average molecular weight is 280 g/mol. The molecule has 1 atom stereocenters. The summed E-state index contributed by atoms with van der Waals surface area (Å²) in [4.78, 5) is 4.62. The summed E-state index contributed by atoms with van der Waals surface area (Å²) in [7, 11) is 0. The summed E-state index contributed by atoms with van der Waals surface area (Å²) in [6.07, 6.45) is 0. The maximum absolute atomic E-state index is 13.7. The molecule has 1 unspecified atom stereocenters. The van der Waals surface area contributed by atoms with Crippen LogP contribution >= 0.6 is 0 Å². The standard InChI is InChI=1S/C18H17FN2/c1-11-7-8-13(10-15(11)19)18(20)17-9-12(2)14-5-3-4-6-16(14)21-17/h3-10,18H,20H2,1-2H3. The van der Waals surface area contributed by atoms with Crippen molar-refractivity contribution in [3.63, 3.8) is 0 Å². The van der Waals surface area contributed by atoms with Crippen LogP contribution in [0.4, 0.5) is 4.39 Å². The number of aryl methyl sites for hydroxylation is 2. The van der Waals surface area contributed by atoms with Crippen LogP contribution in [0.3, 0.4) is 0 Å². The molecule has 0 bridgehead atoms. The van der Waals surface area contributed by atoms with Crippen molar-refractivity contribution in [2.24, 2.45) is 5.73 Å². The number of pyridine rings is 1. The molecule has 3 aromatic rings. The van der Waals surface area contributed by atoms with E-state index in [0.717, 1.165) is 27.7 Å². The van der Waals surface area contributed by atoms with E-state index in [2.05, 4.69) is 4.98 Å². The van der Waals surface area contributed by atoms with Gasteiger partial charge < -0.3 is 5.73 Å². The normalized spacial score (nSPS) is 12.6. The van der Waals surface area contributed by atoms with E-state index >= 15 is 0 Å². The van der Waals surface area contributed by atoms with Crippen LogP contribution in [0.1, 0.15) is 28.4 Å². The molecule has 0 aliphatic carbocycles. The van der Waals surface area contributed by atoms with Gasteiger partial charge in [0.1, 0.15) is 5.82 Å². The van der Waals surface area contributed by atoms with Gasteiger partial charge in [0.2, 0.25) is 0 Å². The first kappa shape index (κ1) is 13.7. The number of para-hydroxylation sites is 1. The largest absolute Gasteiger partial charge is 0.319 e. The minimum absolute atomic E-state index is 0.236. The van der Waals surface area contributed by atoms with Crippen LogP contribution in [0, 0.1) is 19.7 Å². The van der Waals surface area contributed by atoms with Crippen LogP contribution in [-0.2, 0) is 0 Å². The molecule has 0 saturated carbocycles. The minimum Gasteiger partial charge on any atom is -0.319 e. The van der Waals surface area contributed by atoms with Crippen molar-refractivity contribution in [1.82, 2.24) is 4.98 Å². The molecule has 0 aliphatic heterocycles. The van der Waals surface area contributed by atoms with E-state index in [1.54, 1.807) is 13.0 Å². The fourth-order valence-corrected chi connectivity index (χ4v) is 2.51. The summed E-state index contributed by atoms with van der Waals surface area (Å²) in [6.45, 7) is 3.78. The molecule has 3 rings (SSSR count). The van der Waals surface area contributed by atoms with E-state index in [0.29, 0.717) is 5.56 Å². The van der Waals surface area contributed by atoms with Gasteiger partial charge in [0, 0.05) is 5.39 Å². The van der Waals surface area contributed by atoms with Crippen molar-refractivity contribution >= 4 is 10.9 Å². The Hall–Kier alpha value is -2.26. The van der Waals surface area contributed by atoms with Crippen LogP contribution in [0.15, 0.2) is 48.5 Å². The van der Waals surface area contributed by atoms with Gasteiger partial charge >= 0.3 is 0 Å². The Labute approximate surface area is 123 Å². The Kier molecular flexibility index (Phi) is 3.43. The molecule has 2 N–H and O–H groups in total. The topological polar surface area (TPSA) is 38.9 Å². The number of fused-ring (bicyclic) bond motifs is 1. The maximum atomic E-state index is 13.7. The smallest absolute Gasteiger partial charge is 0.126 e. The highest BCUT2D eigenvalue weighted by Gasteiger charge is 2.13. The molecule has 1 heterocycles. The Bertz CT molecular complexity index is 811. The number of hydrogen-bond donors (Lipinski definition) is 1. The monoisotopic (exact) mass is 280 g/mol. The van der Waals surface area contributed by atoms with Crippen LogP contribution < -0.4 is 5.73 Å². The molecular formula is C18H17FN2. The third-order valence-corrected chi connectivity index (χ3v) is 3.82. The quantitative estimate of drug-likeness (QED) is 0.769. The zero-order valence-corrected chi connectivity index (χ0v) is 12.1. The van der Waals surface area contributed by atoms with Gasteiger partial charge in [0.05, 0.1) is 17.3 Å². The molecule has 106 valence electrons. The Morgan fingerprint density at radius 2 is 1.76 bits per heavy atom. The summed E-state index contributed by atoms with van der Waals surface area (Å²) >= 11 is 0. The highest BCUT2D eigenvalue weighted by molar-refractivity contribution is 5.82. The number of nitrogens with zero attached hydrogens (tertiary/aromatic N) is 1. The molecule has 0 saturated heterocycles. The van der Waals surface area contributed by atoms with Crippen molar-refractivity contribution in [2.45, 2.75) is 19.9 Å². The minimum atomic E-state index is -0.427. The zero-order valence-electron chi connectivity index (χ0n) is 12.1. The summed E-state index contributed by atoms with van der Waals surface area (Å²) in [5, 5.41) is 1.11. The van der Waals surface area contributed by atoms with Gasteiger partial charge in [-0.15, -0.1) is 0 Å². The highest BCUT2D eigenvalue weighted by Crippen LogP contribution is 2.24. The van der Waals surface area contributed by atoms with Crippen molar-refractivity contribution in [3.8, 4) is 0 Å². The Morgan fingerprint density at radius 1 is 1.00 bits per heavy atom. The fourth-order valence-electron chi connectivity index (χ4n) is 2.51. The van der Waals surface area contributed by atoms with Gasteiger partial charge in [-0.1, -0.05) is 30.3 Å². The Morgan fingerprint density at radius 3 is 2.52 bits per heavy atom. The zero-order chi connectivity index (χ0) is 15.0. The third kappa shape index (κ3) is 2.52. The first-order chi connectivity index (χ1) is 10.1. The second-order valence-corrected chi connectivity index (χ2v) is 5.37. The second kappa shape index (κ2) is 5.26. The summed E-state index contributed by atoms with van der Waals surface area (Å²) in [5.41, 5.74) is 10.4. The molecular weight excluding hydrogens is 263 g/mol. The maximum Gasteiger partial charge on any atom is 0.126 e. The van der Waals surface area contributed by atoms with E-state index in [-0.39, 0.29) is 5.82 Å². The van der Waals surface area contributed by atoms with Crippen molar-refractivity contribution in [1.29, 1.82) is 0 Å². The van der Waals surface area contributed by atoms with E-state index < -0.39 is 6.04 Å². The molecule has 0 spiro atoms.